The second-order valence-electron chi connectivity index (χ2n) is 5.65. The number of fused-ring (bicyclic) bond motifs is 2. The molecule has 130 valence electrons. The van der Waals surface area contributed by atoms with E-state index in [1.807, 2.05) is 36.4 Å². The zero-order chi connectivity index (χ0) is 18.1. The van der Waals surface area contributed by atoms with E-state index in [1.165, 1.54) is 6.33 Å². The lowest BCUT2D eigenvalue weighted by molar-refractivity contribution is 0.355. The van der Waals surface area contributed by atoms with Gasteiger partial charge in [0.2, 0.25) is 5.43 Å². The largest absolute Gasteiger partial charge is 0.493 e. The summed E-state index contributed by atoms with van der Waals surface area (Å²) in [6.45, 7) is 0. The average Bonchev–Trinajstić information content (AvgIpc) is 3.09. The summed E-state index contributed by atoms with van der Waals surface area (Å²) in [6.07, 6.45) is 3.18. The number of hydrogen-bond donors (Lipinski definition) is 1. The lowest BCUT2D eigenvalue weighted by Gasteiger charge is -2.07. The number of para-hydroxylation sites is 1. The summed E-state index contributed by atoms with van der Waals surface area (Å²) < 4.78 is 12.1. The summed E-state index contributed by atoms with van der Waals surface area (Å²) >= 11 is 0. The molecule has 0 aliphatic carbocycles. The van der Waals surface area contributed by atoms with Crippen LogP contribution in [-0.4, -0.2) is 35.1 Å². The molecule has 0 aliphatic rings. The van der Waals surface area contributed by atoms with Gasteiger partial charge in [-0.1, -0.05) is 12.1 Å². The summed E-state index contributed by atoms with van der Waals surface area (Å²) in [4.78, 5) is 20.0. The SMILES string of the molecule is COc1ccc(C=Nn2cnc3c(=O)c4ccccc4[nH]c32)cc1OC. The molecule has 0 spiro atoms. The molecule has 0 aliphatic heterocycles. The molecule has 0 saturated carbocycles. The van der Waals surface area contributed by atoms with Gasteiger partial charge in [0.25, 0.3) is 0 Å². The molecule has 0 saturated heterocycles. The molecule has 0 radical (unpaired) electrons. The molecular formula is C19H16N4O3. The zero-order valence-electron chi connectivity index (χ0n) is 14.3. The van der Waals surface area contributed by atoms with E-state index in [4.69, 9.17) is 9.47 Å². The second kappa shape index (κ2) is 6.36. The highest BCUT2D eigenvalue weighted by Crippen LogP contribution is 2.26. The predicted molar refractivity (Wildman–Crippen MR) is 100 cm³/mol. The molecule has 0 bridgehead atoms. The van der Waals surface area contributed by atoms with Crippen LogP contribution in [0.4, 0.5) is 0 Å². The van der Waals surface area contributed by atoms with Gasteiger partial charge in [-0.3, -0.25) is 4.79 Å². The van der Waals surface area contributed by atoms with Crippen molar-refractivity contribution in [2.75, 3.05) is 14.2 Å². The van der Waals surface area contributed by atoms with E-state index in [0.717, 1.165) is 11.1 Å². The van der Waals surface area contributed by atoms with Crippen molar-refractivity contribution < 1.29 is 9.47 Å². The number of nitrogens with zero attached hydrogens (tertiary/aromatic N) is 3. The third-order valence-electron chi connectivity index (χ3n) is 4.13. The Balaban J connectivity index is 1.78. The standard InChI is InChI=1S/C19H16N4O3/c1-25-15-8-7-12(9-16(15)26-2)10-21-23-11-20-17-18(24)13-5-3-4-6-14(13)22-19(17)23/h3-11H,1-2H3,(H,22,24). The Morgan fingerprint density at radius 2 is 1.92 bits per heavy atom. The summed E-state index contributed by atoms with van der Waals surface area (Å²) in [7, 11) is 3.17. The summed E-state index contributed by atoms with van der Waals surface area (Å²) in [5.41, 5.74) is 2.36. The van der Waals surface area contributed by atoms with Crippen LogP contribution in [0.25, 0.3) is 22.1 Å². The van der Waals surface area contributed by atoms with Crippen LogP contribution in [0.15, 0.2) is 58.7 Å². The monoisotopic (exact) mass is 348 g/mol. The maximum Gasteiger partial charge on any atom is 0.217 e. The lowest BCUT2D eigenvalue weighted by Crippen LogP contribution is -2.04. The first-order valence-corrected chi connectivity index (χ1v) is 7.95. The minimum absolute atomic E-state index is 0.116. The normalized spacial score (nSPS) is 11.5. The zero-order valence-corrected chi connectivity index (χ0v) is 14.3. The van der Waals surface area contributed by atoms with Gasteiger partial charge in [0.15, 0.2) is 22.7 Å². The first kappa shape index (κ1) is 15.9. The van der Waals surface area contributed by atoms with Crippen molar-refractivity contribution in [3.63, 3.8) is 0 Å². The van der Waals surface area contributed by atoms with Gasteiger partial charge >= 0.3 is 0 Å². The fourth-order valence-electron chi connectivity index (χ4n) is 2.82. The number of imidazole rings is 1. The number of ether oxygens (including phenoxy) is 2. The molecule has 7 heteroatoms. The number of aromatic amines is 1. The van der Waals surface area contributed by atoms with Crippen LogP contribution in [0.1, 0.15) is 5.56 Å². The molecule has 1 N–H and O–H groups in total. The van der Waals surface area contributed by atoms with E-state index in [9.17, 15) is 4.79 Å². The van der Waals surface area contributed by atoms with E-state index in [-0.39, 0.29) is 5.43 Å². The third-order valence-corrected chi connectivity index (χ3v) is 4.13. The summed E-state index contributed by atoms with van der Waals surface area (Å²) in [5, 5.41) is 5.01. The Hall–Kier alpha value is -3.61. The van der Waals surface area contributed by atoms with E-state index >= 15 is 0 Å². The highest BCUT2D eigenvalue weighted by molar-refractivity contribution is 5.89. The molecule has 26 heavy (non-hydrogen) atoms. The summed E-state index contributed by atoms with van der Waals surface area (Å²) in [6, 6.07) is 12.8. The molecule has 2 heterocycles. The number of aromatic nitrogens is 3. The number of pyridine rings is 1. The number of methoxy groups -OCH3 is 2. The van der Waals surface area contributed by atoms with Gasteiger partial charge in [0.05, 0.1) is 26.0 Å². The van der Waals surface area contributed by atoms with Crippen molar-refractivity contribution in [3.8, 4) is 11.5 Å². The fourth-order valence-corrected chi connectivity index (χ4v) is 2.82. The number of hydrogen-bond acceptors (Lipinski definition) is 5. The Kier molecular flexibility index (Phi) is 3.89. The topological polar surface area (TPSA) is 81.5 Å². The quantitative estimate of drug-likeness (QED) is 0.575. The van der Waals surface area contributed by atoms with E-state index in [1.54, 1.807) is 31.2 Å². The van der Waals surface area contributed by atoms with Gasteiger partial charge in [-0.05, 0) is 35.9 Å². The predicted octanol–water partition coefficient (Wildman–Crippen LogP) is 2.78. The van der Waals surface area contributed by atoms with Crippen molar-refractivity contribution in [1.82, 2.24) is 14.6 Å². The first-order valence-electron chi connectivity index (χ1n) is 7.95. The van der Waals surface area contributed by atoms with Crippen LogP contribution in [0.3, 0.4) is 0 Å². The van der Waals surface area contributed by atoms with E-state index < -0.39 is 0 Å². The number of H-pyrrole nitrogens is 1. The molecule has 0 amide bonds. The van der Waals surface area contributed by atoms with Gasteiger partial charge < -0.3 is 14.5 Å². The Labute approximate surface area is 148 Å². The van der Waals surface area contributed by atoms with Crippen LogP contribution >= 0.6 is 0 Å². The van der Waals surface area contributed by atoms with E-state index in [0.29, 0.717) is 28.0 Å². The van der Waals surface area contributed by atoms with Crippen molar-refractivity contribution >= 4 is 28.3 Å². The van der Waals surface area contributed by atoms with Crippen LogP contribution in [0.5, 0.6) is 11.5 Å². The average molecular weight is 348 g/mol. The Morgan fingerprint density at radius 1 is 1.12 bits per heavy atom. The molecule has 4 rings (SSSR count). The number of nitrogens with one attached hydrogen (secondary N) is 1. The van der Waals surface area contributed by atoms with Crippen molar-refractivity contribution in [2.45, 2.75) is 0 Å². The molecule has 4 aromatic rings. The number of rotatable bonds is 4. The van der Waals surface area contributed by atoms with Crippen LogP contribution in [0.2, 0.25) is 0 Å². The first-order chi connectivity index (χ1) is 12.7. The van der Waals surface area contributed by atoms with Crippen LogP contribution < -0.4 is 14.9 Å². The van der Waals surface area contributed by atoms with Crippen molar-refractivity contribution in [2.24, 2.45) is 5.10 Å². The van der Waals surface area contributed by atoms with Crippen LogP contribution in [-0.2, 0) is 0 Å². The van der Waals surface area contributed by atoms with Gasteiger partial charge in [-0.25, -0.2) is 9.66 Å². The molecule has 0 unspecified atom stereocenters. The smallest absolute Gasteiger partial charge is 0.217 e. The van der Waals surface area contributed by atoms with Crippen molar-refractivity contribution in [1.29, 1.82) is 0 Å². The molecular weight excluding hydrogens is 332 g/mol. The third kappa shape index (κ3) is 2.59. The highest BCUT2D eigenvalue weighted by atomic mass is 16.5. The molecule has 0 atom stereocenters. The summed E-state index contributed by atoms with van der Waals surface area (Å²) in [5.74, 6) is 1.26. The maximum atomic E-state index is 12.6. The van der Waals surface area contributed by atoms with Gasteiger partial charge in [0, 0.05) is 5.39 Å². The maximum absolute atomic E-state index is 12.6. The highest BCUT2D eigenvalue weighted by Gasteiger charge is 2.10. The molecule has 7 nitrogen and oxygen atoms in total. The molecule has 2 aromatic heterocycles. The van der Waals surface area contributed by atoms with Crippen molar-refractivity contribution in [3.05, 3.63) is 64.6 Å². The fraction of sp³-hybridized carbons (Fsp3) is 0.105. The number of benzene rings is 2. The van der Waals surface area contributed by atoms with Crippen LogP contribution in [0, 0.1) is 0 Å². The van der Waals surface area contributed by atoms with E-state index in [2.05, 4.69) is 15.1 Å². The van der Waals surface area contributed by atoms with Gasteiger partial charge in [-0.2, -0.15) is 5.10 Å². The lowest BCUT2D eigenvalue weighted by atomic mass is 10.2. The Bertz CT molecular complexity index is 1190. The second-order valence-corrected chi connectivity index (χ2v) is 5.65. The molecule has 2 aromatic carbocycles. The minimum Gasteiger partial charge on any atom is -0.493 e. The minimum atomic E-state index is -0.116. The van der Waals surface area contributed by atoms with Gasteiger partial charge in [-0.15, -0.1) is 0 Å². The molecule has 0 fully saturated rings. The van der Waals surface area contributed by atoms with Gasteiger partial charge in [0.1, 0.15) is 6.33 Å². The Morgan fingerprint density at radius 3 is 2.73 bits per heavy atom.